The van der Waals surface area contributed by atoms with Crippen molar-refractivity contribution in [2.45, 2.75) is 10.1 Å². The maximum atomic E-state index is 13.5. The van der Waals surface area contributed by atoms with E-state index in [0.29, 0.717) is 33.0 Å². The number of nitrogens with zero attached hydrogens (tertiary/aromatic N) is 1. The first-order chi connectivity index (χ1) is 17.9. The molecule has 0 bridgehead atoms. The molecule has 0 aliphatic rings. The highest BCUT2D eigenvalue weighted by molar-refractivity contribution is 8.00. The van der Waals surface area contributed by atoms with E-state index in [1.54, 1.807) is 91.0 Å². The van der Waals surface area contributed by atoms with E-state index in [1.165, 1.54) is 16.1 Å². The number of carbonyl (C=O) groups excluding carboxylic acids is 2. The van der Waals surface area contributed by atoms with Gasteiger partial charge in [-0.25, -0.2) is 4.98 Å². The fourth-order valence-corrected chi connectivity index (χ4v) is 6.50. The zero-order chi connectivity index (χ0) is 25.8. The lowest BCUT2D eigenvalue weighted by molar-refractivity contribution is -0.526. The number of amides is 1. The molecule has 0 aliphatic heterocycles. The fraction of sp³-hybridized carbons (Fsp3) is 0.0357. The van der Waals surface area contributed by atoms with E-state index in [9.17, 15) is 18.0 Å². The van der Waals surface area contributed by atoms with Crippen LogP contribution < -0.4 is 9.29 Å². The summed E-state index contributed by atoms with van der Waals surface area (Å²) in [5.41, 5.74) is 2.39. The Labute approximate surface area is 218 Å². The molecule has 0 fully saturated rings. The maximum Gasteiger partial charge on any atom is 0.336 e. The minimum absolute atomic E-state index is 0.0784. The van der Waals surface area contributed by atoms with Crippen molar-refractivity contribution in [1.29, 1.82) is 0 Å². The zero-order valence-electron chi connectivity index (χ0n) is 19.5. The normalized spacial score (nSPS) is 11.4. The number of thioether (sulfide) groups is 1. The quantitative estimate of drug-likeness (QED) is 0.173. The van der Waals surface area contributed by atoms with Gasteiger partial charge in [-0.05, 0) is 48.2 Å². The third-order valence-electron chi connectivity index (χ3n) is 5.65. The number of aromatic amines is 1. The molecular formula is C28H22N3O4S2+. The van der Waals surface area contributed by atoms with Crippen LogP contribution in [0.1, 0.15) is 15.9 Å². The fourth-order valence-electron chi connectivity index (χ4n) is 3.92. The molecule has 0 atom stereocenters. The number of para-hydroxylation sites is 3. The van der Waals surface area contributed by atoms with E-state index >= 15 is 0 Å². The molecular weight excluding hydrogens is 506 g/mol. The summed E-state index contributed by atoms with van der Waals surface area (Å²) in [6.45, 7) is 0. The third kappa shape index (κ3) is 5.04. The van der Waals surface area contributed by atoms with Gasteiger partial charge in [-0.2, -0.15) is 8.42 Å². The summed E-state index contributed by atoms with van der Waals surface area (Å²) in [6, 6.07) is 30.8. The van der Waals surface area contributed by atoms with Gasteiger partial charge >= 0.3 is 15.2 Å². The van der Waals surface area contributed by atoms with E-state index in [1.807, 2.05) is 6.07 Å². The van der Waals surface area contributed by atoms with Crippen molar-refractivity contribution in [2.75, 3.05) is 11.1 Å². The first kappa shape index (κ1) is 24.5. The summed E-state index contributed by atoms with van der Waals surface area (Å²) in [7, 11) is -3.92. The summed E-state index contributed by atoms with van der Waals surface area (Å²) < 4.78 is 28.2. The summed E-state index contributed by atoms with van der Waals surface area (Å²) in [4.78, 5) is 29.2. The van der Waals surface area contributed by atoms with Crippen molar-refractivity contribution in [3.05, 3.63) is 120 Å². The Hall–Kier alpha value is -4.21. The predicted octanol–water partition coefficient (Wildman–Crippen LogP) is 4.65. The standard InChI is InChI=1S/C28H21N3O4S2/c32-26(29-23-16-8-7-15-22(23)27(33)20-11-3-1-4-12-20)19-36-28-30-24-17-9-10-18-25(24)31(28)37(34,35)21-13-5-2-6-14-21/h1-18H,19H2,(H,29,32,33)/p+1. The average molecular weight is 529 g/mol. The van der Waals surface area contributed by atoms with Crippen LogP contribution in [-0.2, 0) is 14.8 Å². The largest absolute Gasteiger partial charge is 0.336 e. The second-order valence-electron chi connectivity index (χ2n) is 8.11. The number of imidazole rings is 1. The van der Waals surface area contributed by atoms with Crippen LogP contribution in [0.2, 0.25) is 0 Å². The van der Waals surface area contributed by atoms with E-state index < -0.39 is 10.0 Å². The number of rotatable bonds is 8. The average Bonchev–Trinajstić information content (AvgIpc) is 3.32. The van der Waals surface area contributed by atoms with Gasteiger partial charge in [-0.15, -0.1) is 3.97 Å². The molecule has 1 aromatic heterocycles. The van der Waals surface area contributed by atoms with Crippen LogP contribution in [0.15, 0.2) is 119 Å². The molecule has 0 saturated heterocycles. The van der Waals surface area contributed by atoms with Crippen molar-refractivity contribution in [1.82, 2.24) is 4.98 Å². The Balaban J connectivity index is 1.40. The maximum absolute atomic E-state index is 13.5. The van der Waals surface area contributed by atoms with Crippen molar-refractivity contribution in [2.24, 2.45) is 0 Å². The van der Waals surface area contributed by atoms with Crippen LogP contribution in [0, 0.1) is 0 Å². The Morgan fingerprint density at radius 2 is 1.41 bits per heavy atom. The number of ketones is 1. The molecule has 0 spiro atoms. The van der Waals surface area contributed by atoms with Gasteiger partial charge in [-0.1, -0.05) is 72.8 Å². The lowest BCUT2D eigenvalue weighted by atomic mass is 10.0. The molecule has 0 unspecified atom stereocenters. The number of hydrogen-bond acceptors (Lipinski definition) is 5. The zero-order valence-corrected chi connectivity index (χ0v) is 21.1. The van der Waals surface area contributed by atoms with Crippen molar-refractivity contribution >= 4 is 50.2 Å². The Morgan fingerprint density at radius 3 is 2.16 bits per heavy atom. The second kappa shape index (κ2) is 10.4. The first-order valence-electron chi connectivity index (χ1n) is 11.4. The highest BCUT2D eigenvalue weighted by Gasteiger charge is 2.32. The van der Waals surface area contributed by atoms with Gasteiger partial charge in [0.1, 0.15) is 4.90 Å². The molecule has 4 aromatic carbocycles. The third-order valence-corrected chi connectivity index (χ3v) is 8.46. The summed E-state index contributed by atoms with van der Waals surface area (Å²) in [5, 5.41) is 3.10. The number of H-pyrrole nitrogens is 1. The van der Waals surface area contributed by atoms with Crippen LogP contribution in [0.3, 0.4) is 0 Å². The first-order valence-corrected chi connectivity index (χ1v) is 13.8. The molecule has 1 heterocycles. The molecule has 9 heteroatoms. The van der Waals surface area contributed by atoms with Gasteiger partial charge in [0.05, 0.1) is 11.4 Å². The van der Waals surface area contributed by atoms with Crippen molar-refractivity contribution in [3.63, 3.8) is 0 Å². The SMILES string of the molecule is O=C(CSc1[nH]c2ccccc2[n+]1S(=O)(=O)c1ccccc1)Nc1ccccc1C(=O)c1ccccc1. The lowest BCUT2D eigenvalue weighted by Gasteiger charge is -2.10. The molecule has 7 nitrogen and oxygen atoms in total. The highest BCUT2D eigenvalue weighted by Crippen LogP contribution is 2.23. The van der Waals surface area contributed by atoms with Crippen LogP contribution in [0.5, 0.6) is 0 Å². The number of benzene rings is 4. The number of fused-ring (bicyclic) bond motifs is 1. The van der Waals surface area contributed by atoms with Crippen molar-refractivity contribution < 1.29 is 22.0 Å². The van der Waals surface area contributed by atoms with Crippen molar-refractivity contribution in [3.8, 4) is 0 Å². The molecule has 5 rings (SSSR count). The molecule has 2 N–H and O–H groups in total. The summed E-state index contributed by atoms with van der Waals surface area (Å²) in [6.07, 6.45) is 0. The highest BCUT2D eigenvalue weighted by atomic mass is 32.2. The molecule has 0 aliphatic carbocycles. The van der Waals surface area contributed by atoms with E-state index in [2.05, 4.69) is 10.3 Å². The minimum Gasteiger partial charge on any atom is -0.325 e. The topological polar surface area (TPSA) is 100.0 Å². The molecule has 0 saturated carbocycles. The van der Waals surface area contributed by atoms with Gasteiger partial charge in [0.25, 0.3) is 0 Å². The van der Waals surface area contributed by atoms with Gasteiger partial charge in [0, 0.05) is 11.1 Å². The van der Waals surface area contributed by atoms with E-state index in [-0.39, 0.29) is 22.3 Å². The molecule has 0 radical (unpaired) electrons. The second-order valence-corrected chi connectivity index (χ2v) is 10.9. The van der Waals surface area contributed by atoms with E-state index in [0.717, 1.165) is 11.8 Å². The van der Waals surface area contributed by atoms with Crippen LogP contribution in [-0.4, -0.2) is 30.8 Å². The van der Waals surface area contributed by atoms with Gasteiger partial charge in [-0.3, -0.25) is 9.59 Å². The monoisotopic (exact) mass is 528 g/mol. The summed E-state index contributed by atoms with van der Waals surface area (Å²) >= 11 is 1.06. The summed E-state index contributed by atoms with van der Waals surface area (Å²) in [5.74, 6) is -0.655. The van der Waals surface area contributed by atoms with Crippen LogP contribution >= 0.6 is 11.8 Å². The Bertz CT molecular complexity index is 1700. The molecule has 184 valence electrons. The van der Waals surface area contributed by atoms with Gasteiger partial charge in [0.2, 0.25) is 5.91 Å². The smallest absolute Gasteiger partial charge is 0.325 e. The van der Waals surface area contributed by atoms with Gasteiger partial charge < -0.3 is 5.32 Å². The Morgan fingerprint density at radius 1 is 0.784 bits per heavy atom. The number of aromatic nitrogens is 2. The van der Waals surface area contributed by atoms with E-state index in [4.69, 9.17) is 0 Å². The number of carbonyl (C=O) groups is 2. The number of hydrogen-bond donors (Lipinski definition) is 2. The number of nitrogens with one attached hydrogen (secondary N) is 2. The molecule has 37 heavy (non-hydrogen) atoms. The predicted molar refractivity (Wildman–Crippen MR) is 143 cm³/mol. The lowest BCUT2D eigenvalue weighted by Crippen LogP contribution is -2.44. The minimum atomic E-state index is -3.92. The van der Waals surface area contributed by atoms with Crippen LogP contribution in [0.4, 0.5) is 5.69 Å². The Kier molecular flexibility index (Phi) is 6.89. The van der Waals surface area contributed by atoms with Crippen LogP contribution in [0.25, 0.3) is 11.0 Å². The number of anilines is 1. The molecule has 5 aromatic rings. The molecule has 1 amide bonds. The van der Waals surface area contributed by atoms with Gasteiger partial charge in [0.15, 0.2) is 16.8 Å².